The van der Waals surface area contributed by atoms with Gasteiger partial charge in [-0.2, -0.15) is 0 Å². The molecule has 3 aliphatic rings. The summed E-state index contributed by atoms with van der Waals surface area (Å²) in [5, 5.41) is 52.3. The smallest absolute Gasteiger partial charge is 0.198 e. The number of hydrogen-bond acceptors (Lipinski definition) is 11. The number of fused-ring (bicyclic) bond motifs is 3. The number of hydrogen-bond donors (Lipinski definition) is 6. The molecule has 0 aromatic heterocycles. The molecular weight excluding hydrogens is 546 g/mol. The second-order valence-corrected chi connectivity index (χ2v) is 10.6. The Balaban J connectivity index is 0.00000370. The number of Topliss-reactive ketones (excluding diaryl/α,β-unsaturated/α-hetero) is 1. The highest BCUT2D eigenvalue weighted by atomic mass is 35.5. The first-order chi connectivity index (χ1) is 18.4. The summed E-state index contributed by atoms with van der Waals surface area (Å²) in [6.07, 6.45) is -4.34. The standard InChI is InChI=1S/C28H31NO10.ClH/c1-11-20-15(26(35)23-21(11)27(36)22-13(9-30)4-3-5-14(22)25(23)34)7-28(37,18(32)10-31)8-17(20)39-19-6-16(29)24(33)12(2)38-19;/h3-5,12,16-17,19,24,30-31,33,35,37H,6-10,29H2,1-2H3;1H/t12?,16?,17-,19?,24?,28-;/m0./s1. The van der Waals surface area contributed by atoms with Crippen LogP contribution in [-0.4, -0.2) is 79.6 Å². The lowest BCUT2D eigenvalue weighted by Gasteiger charge is -2.42. The van der Waals surface area contributed by atoms with Gasteiger partial charge in [-0.3, -0.25) is 14.4 Å². The number of rotatable bonds is 5. The number of aliphatic hydroxyl groups excluding tert-OH is 3. The molecule has 7 N–H and O–H groups in total. The lowest BCUT2D eigenvalue weighted by molar-refractivity contribution is -0.247. The highest BCUT2D eigenvalue weighted by Crippen LogP contribution is 2.49. The van der Waals surface area contributed by atoms with Gasteiger partial charge < -0.3 is 40.7 Å². The average molecular weight is 578 g/mol. The van der Waals surface area contributed by atoms with E-state index < -0.39 is 79.0 Å². The number of aliphatic hydroxyl groups is 4. The topological polar surface area (TPSA) is 197 Å². The van der Waals surface area contributed by atoms with Gasteiger partial charge in [0.2, 0.25) is 0 Å². The first kappa shape index (κ1) is 30.2. The van der Waals surface area contributed by atoms with Crippen LogP contribution < -0.4 is 5.73 Å². The molecule has 6 atom stereocenters. The normalized spacial score (nSPS) is 29.2. The molecule has 4 unspecified atom stereocenters. The van der Waals surface area contributed by atoms with Crippen molar-refractivity contribution in [3.05, 3.63) is 62.7 Å². The number of phenolic OH excluding ortho intramolecular Hbond substituents is 1. The van der Waals surface area contributed by atoms with Gasteiger partial charge in [0.1, 0.15) is 18.0 Å². The van der Waals surface area contributed by atoms with E-state index in [1.807, 2.05) is 0 Å². The molecule has 1 saturated heterocycles. The first-order valence-electron chi connectivity index (χ1n) is 12.7. The SMILES string of the molecule is Cc1c2c(c(O)c3c1[C@@H](OC1CC(N)C(O)C(C)O1)C[C@](O)(C(=O)CO)C3)C(=O)c1cccc(CO)c1C2=O.Cl. The number of halogens is 1. The van der Waals surface area contributed by atoms with Gasteiger partial charge in [-0.05, 0) is 30.5 Å². The van der Waals surface area contributed by atoms with E-state index in [0.717, 1.165) is 0 Å². The van der Waals surface area contributed by atoms with Crippen LogP contribution in [-0.2, 0) is 27.3 Å². The largest absolute Gasteiger partial charge is 0.507 e. The fraction of sp³-hybridized carbons (Fsp3) is 0.464. The van der Waals surface area contributed by atoms with Crippen LogP contribution in [0.15, 0.2) is 18.2 Å². The van der Waals surface area contributed by atoms with Crippen LogP contribution in [0.1, 0.15) is 80.0 Å². The molecule has 5 rings (SSSR count). The van der Waals surface area contributed by atoms with Gasteiger partial charge in [-0.25, -0.2) is 0 Å². The lowest BCUT2D eigenvalue weighted by Crippen LogP contribution is -2.53. The number of phenols is 1. The number of ether oxygens (including phenoxy) is 2. The van der Waals surface area contributed by atoms with E-state index in [2.05, 4.69) is 0 Å². The number of aromatic hydroxyl groups is 1. The lowest BCUT2D eigenvalue weighted by atomic mass is 9.70. The van der Waals surface area contributed by atoms with Gasteiger partial charge in [0.15, 0.2) is 23.6 Å². The van der Waals surface area contributed by atoms with Crippen LogP contribution in [0.3, 0.4) is 0 Å². The van der Waals surface area contributed by atoms with Gasteiger partial charge in [0, 0.05) is 47.6 Å². The molecule has 12 heteroatoms. The van der Waals surface area contributed by atoms with Gasteiger partial charge in [-0.15, -0.1) is 12.4 Å². The zero-order valence-corrected chi connectivity index (χ0v) is 22.7. The molecule has 2 aliphatic carbocycles. The van der Waals surface area contributed by atoms with Crippen LogP contribution in [0.4, 0.5) is 0 Å². The van der Waals surface area contributed by atoms with Crippen LogP contribution >= 0.6 is 12.4 Å². The minimum Gasteiger partial charge on any atom is -0.507 e. The summed E-state index contributed by atoms with van der Waals surface area (Å²) in [6, 6.07) is 3.82. The molecule has 1 aliphatic heterocycles. The van der Waals surface area contributed by atoms with E-state index in [1.165, 1.54) is 18.2 Å². The molecule has 0 bridgehead atoms. The molecule has 0 saturated carbocycles. The van der Waals surface area contributed by atoms with Crippen molar-refractivity contribution in [3.8, 4) is 5.75 Å². The van der Waals surface area contributed by atoms with Crippen molar-refractivity contribution in [1.82, 2.24) is 0 Å². The Morgan fingerprint density at radius 3 is 2.50 bits per heavy atom. The van der Waals surface area contributed by atoms with Crippen molar-refractivity contribution in [2.24, 2.45) is 5.73 Å². The molecule has 0 spiro atoms. The third-order valence-corrected chi connectivity index (χ3v) is 8.17. The van der Waals surface area contributed by atoms with E-state index in [-0.39, 0.29) is 58.6 Å². The van der Waals surface area contributed by atoms with Crippen LogP contribution in [0.25, 0.3) is 0 Å². The van der Waals surface area contributed by atoms with Crippen molar-refractivity contribution in [2.45, 2.75) is 76.0 Å². The summed E-state index contributed by atoms with van der Waals surface area (Å²) in [6.45, 7) is 1.77. The van der Waals surface area contributed by atoms with Gasteiger partial charge in [0.25, 0.3) is 0 Å². The number of ketones is 3. The zero-order chi connectivity index (χ0) is 28.4. The summed E-state index contributed by atoms with van der Waals surface area (Å²) in [5.74, 6) is -2.66. The molecule has 1 fully saturated rings. The first-order valence-corrected chi connectivity index (χ1v) is 12.7. The quantitative estimate of drug-likeness (QED) is 0.247. The van der Waals surface area contributed by atoms with Gasteiger partial charge in [0.05, 0.1) is 30.5 Å². The molecule has 0 amide bonds. The second kappa shape index (κ2) is 10.9. The van der Waals surface area contributed by atoms with Crippen molar-refractivity contribution in [2.75, 3.05) is 6.61 Å². The molecule has 40 heavy (non-hydrogen) atoms. The highest BCUT2D eigenvalue weighted by molar-refractivity contribution is 6.30. The fourth-order valence-electron chi connectivity index (χ4n) is 6.12. The second-order valence-electron chi connectivity index (χ2n) is 10.6. The maximum absolute atomic E-state index is 13.8. The van der Waals surface area contributed by atoms with Crippen LogP contribution in [0.2, 0.25) is 0 Å². The number of carbonyl (C=O) groups excluding carboxylic acids is 3. The van der Waals surface area contributed by atoms with E-state index in [4.69, 9.17) is 15.2 Å². The Bertz CT molecular complexity index is 1380. The van der Waals surface area contributed by atoms with E-state index in [0.29, 0.717) is 11.1 Å². The molecule has 2 aromatic carbocycles. The van der Waals surface area contributed by atoms with Crippen molar-refractivity contribution < 1.29 is 49.4 Å². The number of nitrogens with two attached hydrogens (primary N) is 1. The molecule has 1 heterocycles. The summed E-state index contributed by atoms with van der Waals surface area (Å²) < 4.78 is 11.9. The summed E-state index contributed by atoms with van der Waals surface area (Å²) in [5.41, 5.74) is 4.59. The third-order valence-electron chi connectivity index (χ3n) is 8.17. The van der Waals surface area contributed by atoms with Gasteiger partial charge in [-0.1, -0.05) is 18.2 Å². The van der Waals surface area contributed by atoms with Crippen LogP contribution in [0.5, 0.6) is 5.75 Å². The van der Waals surface area contributed by atoms with E-state index in [9.17, 15) is 39.9 Å². The Morgan fingerprint density at radius 2 is 1.88 bits per heavy atom. The fourth-order valence-corrected chi connectivity index (χ4v) is 6.12. The molecular formula is C28H32ClNO10. The zero-order valence-electron chi connectivity index (χ0n) is 21.9. The maximum Gasteiger partial charge on any atom is 0.198 e. The molecule has 2 aromatic rings. The third kappa shape index (κ3) is 4.56. The average Bonchev–Trinajstić information content (AvgIpc) is 2.90. The maximum atomic E-state index is 13.8. The monoisotopic (exact) mass is 577 g/mol. The molecule has 216 valence electrons. The van der Waals surface area contributed by atoms with Gasteiger partial charge >= 0.3 is 0 Å². The Morgan fingerprint density at radius 1 is 1.18 bits per heavy atom. The highest BCUT2D eigenvalue weighted by Gasteiger charge is 2.49. The minimum atomic E-state index is -2.14. The summed E-state index contributed by atoms with van der Waals surface area (Å²) in [4.78, 5) is 40.0. The van der Waals surface area contributed by atoms with E-state index in [1.54, 1.807) is 13.8 Å². The number of benzene rings is 2. The molecule has 11 nitrogen and oxygen atoms in total. The number of carbonyl (C=O) groups is 3. The van der Waals surface area contributed by atoms with Crippen molar-refractivity contribution >= 4 is 29.8 Å². The summed E-state index contributed by atoms with van der Waals surface area (Å²) in [7, 11) is 0. The Hall–Kier alpha value is -2.74. The predicted octanol–water partition coefficient (Wildman–Crippen LogP) is 0.510. The predicted molar refractivity (Wildman–Crippen MR) is 141 cm³/mol. The molecule has 0 radical (unpaired) electrons. The Kier molecular flexibility index (Phi) is 8.25. The van der Waals surface area contributed by atoms with Crippen molar-refractivity contribution in [1.29, 1.82) is 0 Å². The minimum absolute atomic E-state index is 0. The summed E-state index contributed by atoms with van der Waals surface area (Å²) >= 11 is 0. The van der Waals surface area contributed by atoms with Crippen molar-refractivity contribution in [3.63, 3.8) is 0 Å². The van der Waals surface area contributed by atoms with Crippen LogP contribution in [0, 0.1) is 6.92 Å². The van der Waals surface area contributed by atoms with E-state index >= 15 is 0 Å². The Labute approximate surface area is 235 Å².